The number of carbonyl (C=O) groups is 2. The molecule has 0 unspecified atom stereocenters. The molecule has 0 fully saturated rings. The second-order valence-electron chi connectivity index (χ2n) is 9.86. The van der Waals surface area contributed by atoms with E-state index in [2.05, 4.69) is 5.32 Å². The van der Waals surface area contributed by atoms with E-state index in [4.69, 9.17) is 9.47 Å². The second-order valence-corrected chi connectivity index (χ2v) is 11.7. The number of hydrogen-bond acceptors (Lipinski definition) is 6. The van der Waals surface area contributed by atoms with Crippen molar-refractivity contribution in [2.45, 2.75) is 57.6 Å². The van der Waals surface area contributed by atoms with Gasteiger partial charge in [-0.2, -0.15) is 0 Å². The Morgan fingerprint density at radius 3 is 2.17 bits per heavy atom. The zero-order valence-corrected chi connectivity index (χ0v) is 25.3. The first-order valence-corrected chi connectivity index (χ1v) is 14.9. The molecule has 0 aliphatic heterocycles. The van der Waals surface area contributed by atoms with Crippen LogP contribution in [0.3, 0.4) is 0 Å². The fourth-order valence-electron chi connectivity index (χ4n) is 4.20. The van der Waals surface area contributed by atoms with E-state index in [0.29, 0.717) is 11.5 Å². The van der Waals surface area contributed by atoms with Gasteiger partial charge in [0.05, 0.1) is 24.8 Å². The average molecular weight is 582 g/mol. The Bertz CT molecular complexity index is 1430. The summed E-state index contributed by atoms with van der Waals surface area (Å²) in [5, 5.41) is 2.93. The van der Waals surface area contributed by atoms with Crippen LogP contribution < -0.4 is 19.1 Å². The number of benzene rings is 3. The third-order valence-electron chi connectivity index (χ3n) is 6.89. The van der Waals surface area contributed by atoms with Gasteiger partial charge in [-0.05, 0) is 74.7 Å². The average Bonchev–Trinajstić information content (AvgIpc) is 2.98. The van der Waals surface area contributed by atoms with Gasteiger partial charge in [0, 0.05) is 12.6 Å². The molecule has 0 aliphatic rings. The van der Waals surface area contributed by atoms with Gasteiger partial charge in [0.25, 0.3) is 10.0 Å². The van der Waals surface area contributed by atoms with Gasteiger partial charge in [0.15, 0.2) is 0 Å². The maximum absolute atomic E-state index is 14.1. The van der Waals surface area contributed by atoms with E-state index in [0.717, 1.165) is 21.9 Å². The van der Waals surface area contributed by atoms with Gasteiger partial charge in [0.1, 0.15) is 24.1 Å². The highest BCUT2D eigenvalue weighted by atomic mass is 32.2. The minimum atomic E-state index is -4.19. The summed E-state index contributed by atoms with van der Waals surface area (Å²) in [5.74, 6) is 0.0792. The summed E-state index contributed by atoms with van der Waals surface area (Å²) in [4.78, 5) is 28.7. The van der Waals surface area contributed by atoms with E-state index in [1.54, 1.807) is 74.7 Å². The Labute approximate surface area is 243 Å². The van der Waals surface area contributed by atoms with Crippen LogP contribution in [0.4, 0.5) is 5.69 Å². The molecule has 0 radical (unpaired) electrons. The number of rotatable bonds is 13. The lowest BCUT2D eigenvalue weighted by molar-refractivity contribution is -0.139. The fourth-order valence-corrected chi connectivity index (χ4v) is 5.64. The quantitative estimate of drug-likeness (QED) is 0.318. The van der Waals surface area contributed by atoms with E-state index >= 15 is 0 Å². The molecule has 0 saturated heterocycles. The molecule has 10 heteroatoms. The monoisotopic (exact) mass is 581 g/mol. The van der Waals surface area contributed by atoms with Crippen molar-refractivity contribution in [1.29, 1.82) is 0 Å². The number of nitrogens with one attached hydrogen (secondary N) is 1. The molecule has 3 rings (SSSR count). The van der Waals surface area contributed by atoms with E-state index in [9.17, 15) is 18.0 Å². The first-order valence-electron chi connectivity index (χ1n) is 13.5. The first-order chi connectivity index (χ1) is 19.5. The Balaban J connectivity index is 2.07. The zero-order chi connectivity index (χ0) is 30.2. The Morgan fingerprint density at radius 1 is 0.927 bits per heavy atom. The van der Waals surface area contributed by atoms with Crippen molar-refractivity contribution in [3.8, 4) is 11.5 Å². The molecule has 3 aromatic carbocycles. The van der Waals surface area contributed by atoms with Crippen molar-refractivity contribution in [3.63, 3.8) is 0 Å². The van der Waals surface area contributed by atoms with E-state index in [1.807, 2.05) is 20.8 Å². The van der Waals surface area contributed by atoms with Crippen LogP contribution in [-0.4, -0.2) is 58.0 Å². The van der Waals surface area contributed by atoms with Crippen molar-refractivity contribution in [1.82, 2.24) is 10.2 Å². The molecule has 0 saturated carbocycles. The van der Waals surface area contributed by atoms with Crippen molar-refractivity contribution in [2.75, 3.05) is 25.1 Å². The van der Waals surface area contributed by atoms with Gasteiger partial charge in [-0.25, -0.2) is 8.42 Å². The zero-order valence-electron chi connectivity index (χ0n) is 24.5. The molecule has 3 aromatic rings. The van der Waals surface area contributed by atoms with Gasteiger partial charge < -0.3 is 19.7 Å². The molecular formula is C31H39N3O6S. The topological polar surface area (TPSA) is 105 Å². The molecule has 0 spiro atoms. The van der Waals surface area contributed by atoms with Gasteiger partial charge in [0.2, 0.25) is 11.8 Å². The van der Waals surface area contributed by atoms with Crippen molar-refractivity contribution in [3.05, 3.63) is 83.9 Å². The predicted molar refractivity (Wildman–Crippen MR) is 160 cm³/mol. The van der Waals surface area contributed by atoms with Gasteiger partial charge in [-0.3, -0.25) is 13.9 Å². The number of methoxy groups -OCH3 is 2. The lowest BCUT2D eigenvalue weighted by Gasteiger charge is -2.33. The highest BCUT2D eigenvalue weighted by Crippen LogP contribution is 2.33. The smallest absolute Gasteiger partial charge is 0.264 e. The summed E-state index contributed by atoms with van der Waals surface area (Å²) in [7, 11) is -1.19. The van der Waals surface area contributed by atoms with Crippen LogP contribution in [-0.2, 0) is 26.2 Å². The van der Waals surface area contributed by atoms with Crippen LogP contribution in [0.5, 0.6) is 11.5 Å². The summed E-state index contributed by atoms with van der Waals surface area (Å²) in [6.07, 6.45) is 0.723. The largest absolute Gasteiger partial charge is 0.497 e. The fraction of sp³-hybridized carbons (Fsp3) is 0.355. The molecular weight excluding hydrogens is 542 g/mol. The Morgan fingerprint density at radius 2 is 1.59 bits per heavy atom. The van der Waals surface area contributed by atoms with Crippen molar-refractivity contribution >= 4 is 27.5 Å². The summed E-state index contributed by atoms with van der Waals surface area (Å²) in [6, 6.07) is 19.2. The number of sulfonamides is 1. The molecule has 2 atom stereocenters. The summed E-state index contributed by atoms with van der Waals surface area (Å²) in [6.45, 7) is 6.85. The third kappa shape index (κ3) is 7.79. The SMILES string of the molecule is CC[C@H](C)NC(=O)[C@H](C)N(Cc1ccc(OC)cc1)C(=O)CN(c1cc(C)ccc1OC)S(=O)(=O)c1ccccc1. The third-order valence-corrected chi connectivity index (χ3v) is 8.67. The maximum Gasteiger partial charge on any atom is 0.264 e. The van der Waals surface area contributed by atoms with Crippen LogP contribution in [0.1, 0.15) is 38.3 Å². The number of ether oxygens (including phenoxy) is 2. The predicted octanol–water partition coefficient (Wildman–Crippen LogP) is 4.54. The lowest BCUT2D eigenvalue weighted by atomic mass is 10.1. The highest BCUT2D eigenvalue weighted by molar-refractivity contribution is 7.92. The van der Waals surface area contributed by atoms with Gasteiger partial charge in [-0.1, -0.05) is 43.3 Å². The maximum atomic E-state index is 14.1. The minimum absolute atomic E-state index is 0.0284. The first kappa shape index (κ1) is 31.5. The van der Waals surface area contributed by atoms with E-state index < -0.39 is 28.5 Å². The molecule has 220 valence electrons. The standard InChI is InChI=1S/C31H39N3O6S/c1-7-23(3)32-31(36)24(4)33(20-25-14-16-26(39-5)17-15-25)30(35)21-34(28-19-22(2)13-18-29(28)40-6)41(37,38)27-11-9-8-10-12-27/h8-19,23-24H,7,20-21H2,1-6H3,(H,32,36)/t23-,24-/m0/s1. The molecule has 2 amide bonds. The molecule has 0 heterocycles. The van der Waals surface area contributed by atoms with Crippen LogP contribution in [0.15, 0.2) is 77.7 Å². The molecule has 1 N–H and O–H groups in total. The Hall–Kier alpha value is -4.05. The van der Waals surface area contributed by atoms with Crippen LogP contribution >= 0.6 is 0 Å². The lowest BCUT2D eigenvalue weighted by Crippen LogP contribution is -2.52. The van der Waals surface area contributed by atoms with Crippen LogP contribution in [0, 0.1) is 6.92 Å². The normalized spacial score (nSPS) is 12.6. The van der Waals surface area contributed by atoms with Crippen molar-refractivity contribution in [2.24, 2.45) is 0 Å². The summed E-state index contributed by atoms with van der Waals surface area (Å²) in [5.41, 5.74) is 1.77. The number of amides is 2. The molecule has 0 aromatic heterocycles. The second kappa shape index (κ2) is 14.0. The van der Waals surface area contributed by atoms with E-state index in [1.165, 1.54) is 24.1 Å². The number of anilines is 1. The van der Waals surface area contributed by atoms with Crippen molar-refractivity contribution < 1.29 is 27.5 Å². The molecule has 9 nitrogen and oxygen atoms in total. The van der Waals surface area contributed by atoms with Crippen LogP contribution in [0.2, 0.25) is 0 Å². The number of carbonyl (C=O) groups excluding carboxylic acids is 2. The summed E-state index contributed by atoms with van der Waals surface area (Å²) < 4.78 is 39.8. The van der Waals surface area contributed by atoms with Gasteiger partial charge >= 0.3 is 0 Å². The molecule has 0 bridgehead atoms. The minimum Gasteiger partial charge on any atom is -0.497 e. The summed E-state index contributed by atoms with van der Waals surface area (Å²) >= 11 is 0. The number of hydrogen-bond donors (Lipinski definition) is 1. The Kier molecular flexibility index (Phi) is 10.8. The molecule has 0 aliphatic carbocycles. The number of nitrogens with zero attached hydrogens (tertiary/aromatic N) is 2. The number of aryl methyl sites for hydroxylation is 1. The van der Waals surface area contributed by atoms with E-state index in [-0.39, 0.29) is 29.1 Å². The molecule has 41 heavy (non-hydrogen) atoms. The van der Waals surface area contributed by atoms with Crippen LogP contribution in [0.25, 0.3) is 0 Å². The van der Waals surface area contributed by atoms with Gasteiger partial charge in [-0.15, -0.1) is 0 Å². The highest BCUT2D eigenvalue weighted by Gasteiger charge is 2.34.